The minimum Gasteiger partial charge on any atom is -0.351 e. The first-order chi connectivity index (χ1) is 14.4. The molecule has 3 rings (SSSR count). The normalized spacial score (nSPS) is 15.8. The largest absolute Gasteiger partial charge is 0.351 e. The molecule has 8 nitrogen and oxygen atoms in total. The number of halogens is 2. The Kier molecular flexibility index (Phi) is 7.01. The van der Waals surface area contributed by atoms with Gasteiger partial charge in [-0.2, -0.15) is 0 Å². The maximum atomic E-state index is 13.6. The Balaban J connectivity index is 1.84. The van der Waals surface area contributed by atoms with Gasteiger partial charge in [0.05, 0.1) is 0 Å². The Morgan fingerprint density at radius 3 is 2.53 bits per heavy atom. The van der Waals surface area contributed by atoms with Gasteiger partial charge in [-0.25, -0.2) is 9.18 Å². The minimum atomic E-state index is -1.18. The molecule has 0 saturated carbocycles. The Morgan fingerprint density at radius 1 is 1.10 bits per heavy atom. The van der Waals surface area contributed by atoms with Crippen molar-refractivity contribution in [3.8, 4) is 0 Å². The van der Waals surface area contributed by atoms with Crippen LogP contribution in [0.1, 0.15) is 10.4 Å². The fourth-order valence-electron chi connectivity index (χ4n) is 3.17. The minimum absolute atomic E-state index is 0.0980. The van der Waals surface area contributed by atoms with E-state index in [4.69, 9.17) is 5.73 Å². The van der Waals surface area contributed by atoms with Crippen LogP contribution in [0.3, 0.4) is 0 Å². The molecule has 0 spiro atoms. The first-order valence-corrected chi connectivity index (χ1v) is 10.1. The third-order valence-corrected chi connectivity index (χ3v) is 5.01. The summed E-state index contributed by atoms with van der Waals surface area (Å²) in [7, 11) is 0. The summed E-state index contributed by atoms with van der Waals surface area (Å²) in [4.78, 5) is 41.1. The smallest absolute Gasteiger partial charge is 0.323 e. The van der Waals surface area contributed by atoms with Crippen LogP contribution in [0.5, 0.6) is 0 Å². The molecule has 2 aromatic rings. The standard InChI is InChI=1S/C20H21BrFN5O3/c21-14-4-2-6-16(12-14)25-20(30)27-10-9-26(18(27)17(28)24-8-7-23)19(29)13-3-1-5-15(22)11-13/h1-6,11-12,18H,7-10,23H2,(H,24,28)(H,25,30). The van der Waals surface area contributed by atoms with Gasteiger partial charge in [0.1, 0.15) is 5.82 Å². The van der Waals surface area contributed by atoms with Gasteiger partial charge < -0.3 is 21.3 Å². The van der Waals surface area contributed by atoms with E-state index in [1.165, 1.54) is 28.0 Å². The summed E-state index contributed by atoms with van der Waals surface area (Å²) in [6.07, 6.45) is -1.18. The Morgan fingerprint density at radius 2 is 1.83 bits per heavy atom. The molecule has 0 bridgehead atoms. The van der Waals surface area contributed by atoms with Gasteiger partial charge >= 0.3 is 6.03 Å². The molecule has 1 saturated heterocycles. The third kappa shape index (κ3) is 4.95. The van der Waals surface area contributed by atoms with Crippen LogP contribution in [0.4, 0.5) is 14.9 Å². The number of urea groups is 1. The summed E-state index contributed by atoms with van der Waals surface area (Å²) in [5, 5.41) is 5.35. The molecule has 1 unspecified atom stereocenters. The number of benzene rings is 2. The molecule has 1 heterocycles. The van der Waals surface area contributed by atoms with Crippen LogP contribution in [-0.2, 0) is 4.79 Å². The molecule has 0 aliphatic carbocycles. The average Bonchev–Trinajstić information content (AvgIpc) is 3.17. The van der Waals surface area contributed by atoms with E-state index in [0.717, 1.165) is 10.5 Å². The second kappa shape index (κ2) is 9.68. The molecule has 0 aromatic heterocycles. The van der Waals surface area contributed by atoms with E-state index >= 15 is 0 Å². The molecular weight excluding hydrogens is 457 g/mol. The van der Waals surface area contributed by atoms with Gasteiger partial charge in [0.25, 0.3) is 11.8 Å². The highest BCUT2D eigenvalue weighted by atomic mass is 79.9. The summed E-state index contributed by atoms with van der Waals surface area (Å²) < 4.78 is 14.4. The maximum Gasteiger partial charge on any atom is 0.323 e. The van der Waals surface area contributed by atoms with Crippen LogP contribution < -0.4 is 16.4 Å². The second-order valence-corrected chi connectivity index (χ2v) is 7.51. The van der Waals surface area contributed by atoms with Crippen molar-refractivity contribution in [3.63, 3.8) is 0 Å². The van der Waals surface area contributed by atoms with Crippen molar-refractivity contribution in [2.24, 2.45) is 5.73 Å². The lowest BCUT2D eigenvalue weighted by atomic mass is 10.2. The number of carbonyl (C=O) groups excluding carboxylic acids is 3. The van der Waals surface area contributed by atoms with Gasteiger partial charge in [0, 0.05) is 41.9 Å². The molecule has 4 N–H and O–H groups in total. The molecule has 1 fully saturated rings. The predicted molar refractivity (Wildman–Crippen MR) is 113 cm³/mol. The first kappa shape index (κ1) is 21.7. The lowest BCUT2D eigenvalue weighted by Gasteiger charge is -2.29. The van der Waals surface area contributed by atoms with E-state index in [0.29, 0.717) is 5.69 Å². The van der Waals surface area contributed by atoms with Gasteiger partial charge in [0.15, 0.2) is 6.17 Å². The molecule has 0 radical (unpaired) electrons. The number of carbonyl (C=O) groups is 3. The third-order valence-electron chi connectivity index (χ3n) is 4.52. The topological polar surface area (TPSA) is 108 Å². The van der Waals surface area contributed by atoms with E-state index in [1.807, 2.05) is 6.07 Å². The average molecular weight is 478 g/mol. The van der Waals surface area contributed by atoms with E-state index in [9.17, 15) is 18.8 Å². The van der Waals surface area contributed by atoms with Crippen LogP contribution >= 0.6 is 15.9 Å². The van der Waals surface area contributed by atoms with Gasteiger partial charge in [-0.15, -0.1) is 0 Å². The zero-order valence-corrected chi connectivity index (χ0v) is 17.6. The van der Waals surface area contributed by atoms with Crippen molar-refractivity contribution in [3.05, 3.63) is 64.4 Å². The van der Waals surface area contributed by atoms with Gasteiger partial charge in [-0.3, -0.25) is 14.5 Å². The summed E-state index contributed by atoms with van der Waals surface area (Å²) >= 11 is 3.34. The highest BCUT2D eigenvalue weighted by Gasteiger charge is 2.43. The van der Waals surface area contributed by atoms with Crippen LogP contribution in [-0.4, -0.2) is 60.0 Å². The summed E-state index contributed by atoms with van der Waals surface area (Å²) in [6.45, 7) is 0.669. The van der Waals surface area contributed by atoms with Gasteiger partial charge in [0.2, 0.25) is 0 Å². The Labute approximate surface area is 181 Å². The molecule has 10 heteroatoms. The molecular formula is C20H21BrFN5O3. The lowest BCUT2D eigenvalue weighted by molar-refractivity contribution is -0.127. The number of hydrogen-bond donors (Lipinski definition) is 3. The molecule has 4 amide bonds. The van der Waals surface area contributed by atoms with E-state index < -0.39 is 29.8 Å². The highest BCUT2D eigenvalue weighted by molar-refractivity contribution is 9.10. The van der Waals surface area contributed by atoms with Crippen LogP contribution in [0, 0.1) is 5.82 Å². The molecule has 158 valence electrons. The summed E-state index contributed by atoms with van der Waals surface area (Å²) in [5.74, 6) is -1.64. The number of hydrogen-bond acceptors (Lipinski definition) is 4. The van der Waals surface area contributed by atoms with Crippen LogP contribution in [0.25, 0.3) is 0 Å². The molecule has 1 atom stereocenters. The second-order valence-electron chi connectivity index (χ2n) is 6.60. The Bertz CT molecular complexity index is 958. The number of anilines is 1. The molecule has 1 aliphatic heterocycles. The lowest BCUT2D eigenvalue weighted by Crippen LogP contribution is -2.55. The van der Waals surface area contributed by atoms with Crippen molar-refractivity contribution in [1.82, 2.24) is 15.1 Å². The summed E-state index contributed by atoms with van der Waals surface area (Å²) in [6, 6.07) is 11.7. The zero-order valence-electron chi connectivity index (χ0n) is 16.0. The highest BCUT2D eigenvalue weighted by Crippen LogP contribution is 2.22. The van der Waals surface area contributed by atoms with E-state index in [-0.39, 0.29) is 31.7 Å². The maximum absolute atomic E-state index is 13.6. The SMILES string of the molecule is NCCNC(=O)C1N(C(=O)Nc2cccc(Br)c2)CCN1C(=O)c1cccc(F)c1. The van der Waals surface area contributed by atoms with Crippen molar-refractivity contribution in [2.75, 3.05) is 31.5 Å². The molecule has 30 heavy (non-hydrogen) atoms. The van der Waals surface area contributed by atoms with Crippen LogP contribution in [0.15, 0.2) is 53.0 Å². The molecule has 1 aliphatic rings. The fourth-order valence-corrected chi connectivity index (χ4v) is 3.57. The number of nitrogens with one attached hydrogen (secondary N) is 2. The van der Waals surface area contributed by atoms with Crippen molar-refractivity contribution < 1.29 is 18.8 Å². The van der Waals surface area contributed by atoms with E-state index in [2.05, 4.69) is 26.6 Å². The van der Waals surface area contributed by atoms with Crippen molar-refractivity contribution in [2.45, 2.75) is 6.17 Å². The van der Waals surface area contributed by atoms with Crippen LogP contribution in [0.2, 0.25) is 0 Å². The van der Waals surface area contributed by atoms with Crippen molar-refractivity contribution >= 4 is 39.5 Å². The monoisotopic (exact) mass is 477 g/mol. The molecule has 2 aromatic carbocycles. The number of rotatable bonds is 5. The van der Waals surface area contributed by atoms with Gasteiger partial charge in [-0.1, -0.05) is 28.1 Å². The van der Waals surface area contributed by atoms with E-state index in [1.54, 1.807) is 18.2 Å². The summed E-state index contributed by atoms with van der Waals surface area (Å²) in [5.41, 5.74) is 6.08. The zero-order chi connectivity index (χ0) is 21.7. The first-order valence-electron chi connectivity index (χ1n) is 9.28. The number of nitrogens with two attached hydrogens (primary N) is 1. The Hall–Kier alpha value is -2.98. The van der Waals surface area contributed by atoms with Gasteiger partial charge in [-0.05, 0) is 36.4 Å². The van der Waals surface area contributed by atoms with Crippen molar-refractivity contribution in [1.29, 1.82) is 0 Å². The number of amides is 4. The number of nitrogens with zero attached hydrogens (tertiary/aromatic N) is 2. The predicted octanol–water partition coefficient (Wildman–Crippen LogP) is 1.98. The quantitative estimate of drug-likeness (QED) is 0.611. The fraction of sp³-hybridized carbons (Fsp3) is 0.250.